The lowest BCUT2D eigenvalue weighted by molar-refractivity contribution is 0.202. The molecule has 2 fully saturated rings. The maximum Gasteiger partial charge on any atom is 0.175 e. The first-order valence-corrected chi connectivity index (χ1v) is 15.5. The normalized spacial score (nSPS) is 16.6. The molecule has 3 aromatic rings. The minimum Gasteiger partial charge on any atom is -0.313 e. The number of benzene rings is 3. The van der Waals surface area contributed by atoms with Gasteiger partial charge in [0, 0.05) is 36.1 Å². The second kappa shape index (κ2) is 12.3. The predicted octanol–water partition coefficient (Wildman–Crippen LogP) is 6.80. The molecule has 39 heavy (non-hydrogen) atoms. The maximum absolute atomic E-state index is 13.5. The van der Waals surface area contributed by atoms with Gasteiger partial charge < -0.3 is 5.32 Å². The second-order valence-electron chi connectivity index (χ2n) is 10.7. The summed E-state index contributed by atoms with van der Waals surface area (Å²) in [5, 5.41) is 5.45. The van der Waals surface area contributed by atoms with E-state index < -0.39 is 27.2 Å². The molecular weight excluding hydrogens is 538 g/mol. The van der Waals surface area contributed by atoms with Crippen LogP contribution in [0.5, 0.6) is 0 Å². The molecular formula is C31H33ClF2N2O2S. The van der Waals surface area contributed by atoms with Gasteiger partial charge in [0.25, 0.3) is 0 Å². The van der Waals surface area contributed by atoms with Crippen LogP contribution >= 0.6 is 11.6 Å². The molecule has 0 spiro atoms. The molecule has 2 aliphatic rings. The number of hydrogen-bond acceptors (Lipinski definition) is 4. The van der Waals surface area contributed by atoms with Gasteiger partial charge in [0.05, 0.1) is 11.8 Å². The summed E-state index contributed by atoms with van der Waals surface area (Å²) in [4.78, 5) is 2.21. The Hall–Kier alpha value is -2.58. The highest BCUT2D eigenvalue weighted by atomic mass is 35.5. The standard InChI is InChI=1S/C31H33ClF2N2O2S/c32-28-11-9-27(10-12-28)31(26-7-5-23(6-8-26)17-35-13-1-2-22-3-4-22)36-18-25(19-36)21-39(37,38)20-24-14-29(33)16-30(34)15-24/h5-12,14-16,21-22,31,35H,1-4,13,17-20H2/t31-/m1/s1. The van der Waals surface area contributed by atoms with Crippen LogP contribution < -0.4 is 5.32 Å². The van der Waals surface area contributed by atoms with Gasteiger partial charge in [-0.2, -0.15) is 0 Å². The van der Waals surface area contributed by atoms with Gasteiger partial charge in [-0.1, -0.05) is 60.8 Å². The van der Waals surface area contributed by atoms with E-state index in [2.05, 4.69) is 34.5 Å². The molecule has 1 N–H and O–H groups in total. The minimum atomic E-state index is -3.68. The Morgan fingerprint density at radius 2 is 1.54 bits per heavy atom. The Bertz CT molecular complexity index is 1390. The average molecular weight is 571 g/mol. The molecule has 5 rings (SSSR count). The molecule has 0 amide bonds. The van der Waals surface area contributed by atoms with Crippen molar-refractivity contribution in [3.8, 4) is 0 Å². The lowest BCUT2D eigenvalue weighted by Gasteiger charge is -2.41. The third-order valence-electron chi connectivity index (χ3n) is 7.29. The lowest BCUT2D eigenvalue weighted by atomic mass is 9.92. The van der Waals surface area contributed by atoms with Crippen molar-refractivity contribution in [1.82, 2.24) is 10.2 Å². The van der Waals surface area contributed by atoms with Crippen LogP contribution in [0.3, 0.4) is 0 Å². The Balaban J connectivity index is 1.25. The van der Waals surface area contributed by atoms with Crippen LogP contribution in [0.4, 0.5) is 8.78 Å². The van der Waals surface area contributed by atoms with Gasteiger partial charge in [-0.15, -0.1) is 0 Å². The zero-order valence-corrected chi connectivity index (χ0v) is 23.3. The van der Waals surface area contributed by atoms with E-state index in [0.29, 0.717) is 18.1 Å². The number of nitrogens with one attached hydrogen (secondary N) is 1. The van der Waals surface area contributed by atoms with Crippen LogP contribution in [0.15, 0.2) is 77.7 Å². The number of rotatable bonds is 12. The number of halogens is 3. The summed E-state index contributed by atoms with van der Waals surface area (Å²) in [7, 11) is -3.68. The second-order valence-corrected chi connectivity index (χ2v) is 13.0. The highest BCUT2D eigenvalue weighted by molar-refractivity contribution is 7.93. The molecule has 1 aliphatic heterocycles. The summed E-state index contributed by atoms with van der Waals surface area (Å²) in [6.45, 7) is 2.83. The fraction of sp³-hybridized carbons (Fsp3) is 0.355. The Morgan fingerprint density at radius 1 is 0.923 bits per heavy atom. The van der Waals surface area contributed by atoms with Gasteiger partial charge in [-0.25, -0.2) is 17.2 Å². The van der Waals surface area contributed by atoms with Crippen LogP contribution in [-0.4, -0.2) is 33.0 Å². The van der Waals surface area contributed by atoms with Gasteiger partial charge in [-0.05, 0) is 77.4 Å². The van der Waals surface area contributed by atoms with Crippen molar-refractivity contribution in [2.24, 2.45) is 5.92 Å². The van der Waals surface area contributed by atoms with Gasteiger partial charge in [-0.3, -0.25) is 4.90 Å². The third-order valence-corrected chi connectivity index (χ3v) is 8.97. The van der Waals surface area contributed by atoms with Crippen molar-refractivity contribution in [1.29, 1.82) is 0 Å². The largest absolute Gasteiger partial charge is 0.313 e. The first-order valence-electron chi connectivity index (χ1n) is 13.4. The zero-order chi connectivity index (χ0) is 27.4. The Labute approximate surface area is 234 Å². The van der Waals surface area contributed by atoms with Crippen LogP contribution in [0.1, 0.15) is 54.0 Å². The van der Waals surface area contributed by atoms with Crippen LogP contribution in [-0.2, 0) is 22.1 Å². The number of hydrogen-bond donors (Lipinski definition) is 1. The van der Waals surface area contributed by atoms with E-state index >= 15 is 0 Å². The molecule has 8 heteroatoms. The first-order chi connectivity index (χ1) is 18.7. The van der Waals surface area contributed by atoms with Crippen molar-refractivity contribution in [3.63, 3.8) is 0 Å². The first kappa shape index (κ1) is 28.0. The number of likely N-dealkylation sites (tertiary alicyclic amines) is 1. The molecule has 0 unspecified atom stereocenters. The van der Waals surface area contributed by atoms with E-state index in [0.717, 1.165) is 53.9 Å². The van der Waals surface area contributed by atoms with E-state index in [1.54, 1.807) is 0 Å². The molecule has 1 atom stereocenters. The van der Waals surface area contributed by atoms with Gasteiger partial charge >= 0.3 is 0 Å². The lowest BCUT2D eigenvalue weighted by Crippen LogP contribution is -2.43. The Kier molecular flexibility index (Phi) is 8.82. The number of nitrogens with zero attached hydrogens (tertiary/aromatic N) is 1. The van der Waals surface area contributed by atoms with E-state index in [9.17, 15) is 17.2 Å². The van der Waals surface area contributed by atoms with Crippen LogP contribution in [0.25, 0.3) is 0 Å². The molecule has 1 saturated heterocycles. The van der Waals surface area contributed by atoms with Crippen molar-refractivity contribution in [2.45, 2.75) is 44.0 Å². The topological polar surface area (TPSA) is 49.4 Å². The average Bonchev–Trinajstić information content (AvgIpc) is 3.68. The molecule has 1 heterocycles. The molecule has 0 bridgehead atoms. The minimum absolute atomic E-state index is 0.0556. The summed E-state index contributed by atoms with van der Waals surface area (Å²) >= 11 is 6.14. The van der Waals surface area contributed by atoms with Crippen molar-refractivity contribution >= 4 is 21.4 Å². The van der Waals surface area contributed by atoms with Crippen LogP contribution in [0.2, 0.25) is 5.02 Å². The highest BCUT2D eigenvalue weighted by Gasteiger charge is 2.31. The fourth-order valence-electron chi connectivity index (χ4n) is 5.19. The molecule has 4 nitrogen and oxygen atoms in total. The maximum atomic E-state index is 13.5. The van der Waals surface area contributed by atoms with Gasteiger partial charge in [0.2, 0.25) is 0 Å². The molecule has 0 aromatic heterocycles. The molecule has 0 radical (unpaired) electrons. The van der Waals surface area contributed by atoms with Gasteiger partial charge in [0.1, 0.15) is 11.6 Å². The summed E-state index contributed by atoms with van der Waals surface area (Å²) in [5.74, 6) is -1.06. The van der Waals surface area contributed by atoms with Crippen molar-refractivity contribution in [2.75, 3.05) is 19.6 Å². The molecule has 1 saturated carbocycles. The summed E-state index contributed by atoms with van der Waals surface area (Å²) in [6.07, 6.45) is 5.35. The molecule has 1 aliphatic carbocycles. The zero-order valence-electron chi connectivity index (χ0n) is 21.8. The fourth-order valence-corrected chi connectivity index (χ4v) is 6.68. The SMILES string of the molecule is O=S(=O)(C=C1CN([C@@H](c2ccc(Cl)cc2)c2ccc(CNCCCC3CC3)cc2)C1)Cc1cc(F)cc(F)c1. The van der Waals surface area contributed by atoms with Crippen molar-refractivity contribution in [3.05, 3.63) is 117 Å². The summed E-state index contributed by atoms with van der Waals surface area (Å²) < 4.78 is 52.5. The van der Waals surface area contributed by atoms with Crippen LogP contribution in [0, 0.1) is 17.6 Å². The quantitative estimate of drug-likeness (QED) is 0.243. The summed E-state index contributed by atoms with van der Waals surface area (Å²) in [5.41, 5.74) is 4.27. The smallest absolute Gasteiger partial charge is 0.175 e. The highest BCUT2D eigenvalue weighted by Crippen LogP contribution is 2.35. The molecule has 206 valence electrons. The number of sulfone groups is 1. The summed E-state index contributed by atoms with van der Waals surface area (Å²) in [6, 6.07) is 19.1. The van der Waals surface area contributed by atoms with Crippen molar-refractivity contribution < 1.29 is 17.2 Å². The van der Waals surface area contributed by atoms with E-state index in [1.165, 1.54) is 36.7 Å². The monoisotopic (exact) mass is 570 g/mol. The van der Waals surface area contributed by atoms with E-state index in [-0.39, 0.29) is 11.6 Å². The molecule has 3 aromatic carbocycles. The third kappa shape index (κ3) is 7.98. The van der Waals surface area contributed by atoms with Gasteiger partial charge in [0.15, 0.2) is 9.84 Å². The van der Waals surface area contributed by atoms with E-state index in [1.807, 2.05) is 24.3 Å². The predicted molar refractivity (Wildman–Crippen MR) is 152 cm³/mol. The van der Waals surface area contributed by atoms with E-state index in [4.69, 9.17) is 11.6 Å². The Morgan fingerprint density at radius 3 is 2.15 bits per heavy atom.